The quantitative estimate of drug-likeness (QED) is 0.149. The summed E-state index contributed by atoms with van der Waals surface area (Å²) in [5, 5.41) is 3.95. The van der Waals surface area contributed by atoms with E-state index in [1.807, 2.05) is 26.0 Å². The zero-order valence-electron chi connectivity index (χ0n) is 18.5. The third-order valence-corrected chi connectivity index (χ3v) is 5.48. The Bertz CT molecular complexity index is 1250. The molecule has 1 aliphatic rings. The van der Waals surface area contributed by atoms with E-state index in [0.717, 1.165) is 14.7 Å². The van der Waals surface area contributed by atoms with Gasteiger partial charge in [-0.15, -0.1) is 0 Å². The lowest BCUT2D eigenvalue weighted by atomic mass is 10.1. The first-order valence-electron chi connectivity index (χ1n) is 10.3. The van der Waals surface area contributed by atoms with Gasteiger partial charge in [-0.25, -0.2) is 10.2 Å². The van der Waals surface area contributed by atoms with Crippen LogP contribution in [0.25, 0.3) is 0 Å². The number of amides is 1. The maximum absolute atomic E-state index is 12.5. The van der Waals surface area contributed by atoms with Gasteiger partial charge >= 0.3 is 5.97 Å². The molecule has 3 aromatic carbocycles. The number of nitrogens with zero attached hydrogens (tertiary/aromatic N) is 1. The number of nitrogens with one attached hydrogen (secondary N) is 1. The van der Waals surface area contributed by atoms with Crippen LogP contribution in [0.1, 0.15) is 27.0 Å². The maximum Gasteiger partial charge on any atom is 0.343 e. The Morgan fingerprint density at radius 1 is 1.06 bits per heavy atom. The van der Waals surface area contributed by atoms with Crippen LogP contribution in [0.4, 0.5) is 0 Å². The van der Waals surface area contributed by atoms with Crippen molar-refractivity contribution in [1.82, 2.24) is 5.43 Å². The van der Waals surface area contributed by atoms with Gasteiger partial charge < -0.3 is 18.9 Å². The van der Waals surface area contributed by atoms with Crippen molar-refractivity contribution in [3.63, 3.8) is 0 Å². The molecule has 0 spiro atoms. The molecule has 0 saturated heterocycles. The van der Waals surface area contributed by atoms with Crippen molar-refractivity contribution >= 4 is 40.7 Å². The number of benzene rings is 3. The molecule has 1 amide bonds. The maximum atomic E-state index is 12.5. The number of hydrogen-bond donors (Lipinski definition) is 1. The molecule has 0 aliphatic carbocycles. The molecule has 0 unspecified atom stereocenters. The Kier molecular flexibility index (Phi) is 7.31. The van der Waals surface area contributed by atoms with Crippen molar-refractivity contribution in [2.24, 2.45) is 5.10 Å². The lowest BCUT2D eigenvalue weighted by molar-refractivity contribution is -0.123. The van der Waals surface area contributed by atoms with E-state index in [1.54, 1.807) is 42.5 Å². The van der Waals surface area contributed by atoms with Gasteiger partial charge in [0.05, 0.1) is 11.8 Å². The minimum Gasteiger partial charge on any atom is -0.483 e. The Hall–Kier alpha value is -3.60. The smallest absolute Gasteiger partial charge is 0.343 e. The van der Waals surface area contributed by atoms with Crippen molar-refractivity contribution in [2.45, 2.75) is 13.8 Å². The van der Waals surface area contributed by atoms with E-state index in [9.17, 15) is 9.59 Å². The normalized spacial score (nSPS) is 12.0. The third-order valence-electron chi connectivity index (χ3n) is 4.85. The highest BCUT2D eigenvalue weighted by Gasteiger charge is 2.17. The van der Waals surface area contributed by atoms with E-state index in [0.29, 0.717) is 34.1 Å². The highest BCUT2D eigenvalue weighted by atomic mass is 127. The predicted molar refractivity (Wildman–Crippen MR) is 134 cm³/mol. The Labute approximate surface area is 210 Å². The molecular weight excluding hydrogens is 551 g/mol. The van der Waals surface area contributed by atoms with Crippen LogP contribution in [0.5, 0.6) is 23.0 Å². The first-order valence-corrected chi connectivity index (χ1v) is 11.4. The molecule has 4 rings (SSSR count). The SMILES string of the molecule is Cc1cc(I)cc(C)c1OCC(=O)NN=Cc1cccc(OC(=O)c2ccc3c(c2)OCO3)c1. The highest BCUT2D eigenvalue weighted by Crippen LogP contribution is 2.32. The van der Waals surface area contributed by atoms with E-state index in [1.165, 1.54) is 6.21 Å². The van der Waals surface area contributed by atoms with E-state index in [2.05, 4.69) is 33.1 Å². The summed E-state index contributed by atoms with van der Waals surface area (Å²) < 4.78 is 22.7. The Morgan fingerprint density at radius 2 is 1.82 bits per heavy atom. The number of ether oxygens (including phenoxy) is 4. The van der Waals surface area contributed by atoms with Crippen molar-refractivity contribution in [2.75, 3.05) is 13.4 Å². The second-order valence-electron chi connectivity index (χ2n) is 7.48. The van der Waals surface area contributed by atoms with Gasteiger partial charge in [-0.1, -0.05) is 12.1 Å². The first-order chi connectivity index (χ1) is 16.4. The molecule has 0 atom stereocenters. The van der Waals surface area contributed by atoms with Gasteiger partial charge in [-0.3, -0.25) is 4.79 Å². The summed E-state index contributed by atoms with van der Waals surface area (Å²) in [6, 6.07) is 15.6. The fraction of sp³-hybridized carbons (Fsp3) is 0.160. The molecule has 3 aromatic rings. The van der Waals surface area contributed by atoms with E-state index in [4.69, 9.17) is 18.9 Å². The van der Waals surface area contributed by atoms with Gasteiger partial charge in [0.25, 0.3) is 5.91 Å². The van der Waals surface area contributed by atoms with Crippen LogP contribution in [0.15, 0.2) is 59.7 Å². The number of fused-ring (bicyclic) bond motifs is 1. The number of rotatable bonds is 7. The molecule has 9 heteroatoms. The number of hydrogen-bond acceptors (Lipinski definition) is 7. The average molecular weight is 572 g/mol. The summed E-state index contributed by atoms with van der Waals surface area (Å²) >= 11 is 2.24. The van der Waals surface area contributed by atoms with Crippen molar-refractivity contribution in [3.8, 4) is 23.0 Å². The van der Waals surface area contributed by atoms with Gasteiger partial charge in [0, 0.05) is 3.57 Å². The van der Waals surface area contributed by atoms with Crippen LogP contribution >= 0.6 is 22.6 Å². The second kappa shape index (κ2) is 10.6. The molecular formula is C25H21IN2O6. The zero-order valence-corrected chi connectivity index (χ0v) is 20.6. The summed E-state index contributed by atoms with van der Waals surface area (Å²) in [4.78, 5) is 24.6. The molecule has 1 aliphatic heterocycles. The topological polar surface area (TPSA) is 95.5 Å². The molecule has 0 bridgehead atoms. The molecule has 34 heavy (non-hydrogen) atoms. The number of esters is 1. The molecule has 1 heterocycles. The highest BCUT2D eigenvalue weighted by molar-refractivity contribution is 14.1. The zero-order chi connectivity index (χ0) is 24.1. The van der Waals surface area contributed by atoms with Crippen molar-refractivity contribution < 1.29 is 28.5 Å². The number of carbonyl (C=O) groups excluding carboxylic acids is 2. The fourth-order valence-electron chi connectivity index (χ4n) is 3.32. The first kappa shape index (κ1) is 23.6. The third kappa shape index (κ3) is 5.84. The summed E-state index contributed by atoms with van der Waals surface area (Å²) in [5.41, 5.74) is 5.35. The van der Waals surface area contributed by atoms with Crippen LogP contribution in [-0.4, -0.2) is 31.5 Å². The minimum absolute atomic E-state index is 0.128. The van der Waals surface area contributed by atoms with Gasteiger partial charge in [0.2, 0.25) is 6.79 Å². The molecule has 0 fully saturated rings. The molecule has 0 saturated carbocycles. The number of hydrazone groups is 1. The number of halogens is 1. The van der Waals surface area contributed by atoms with Crippen LogP contribution in [0.3, 0.4) is 0 Å². The molecule has 8 nitrogen and oxygen atoms in total. The molecule has 0 radical (unpaired) electrons. The molecule has 174 valence electrons. The van der Waals surface area contributed by atoms with Crippen molar-refractivity contribution in [1.29, 1.82) is 0 Å². The van der Waals surface area contributed by atoms with Gasteiger partial charge in [-0.2, -0.15) is 5.10 Å². The standard InChI is InChI=1S/C25H21IN2O6/c1-15-8-19(26)9-16(2)24(15)31-13-23(29)28-27-12-17-4-3-5-20(10-17)34-25(30)18-6-7-21-22(11-18)33-14-32-21/h3-12H,13-14H2,1-2H3,(H,28,29). The fourth-order valence-corrected chi connectivity index (χ4v) is 4.26. The summed E-state index contributed by atoms with van der Waals surface area (Å²) in [6.45, 7) is 3.84. The molecule has 1 N–H and O–H groups in total. The van der Waals surface area contributed by atoms with E-state index < -0.39 is 5.97 Å². The van der Waals surface area contributed by atoms with Crippen LogP contribution in [0, 0.1) is 17.4 Å². The average Bonchev–Trinajstić information content (AvgIpc) is 3.26. The summed E-state index contributed by atoms with van der Waals surface area (Å²) in [6.07, 6.45) is 1.46. The lowest BCUT2D eigenvalue weighted by Gasteiger charge is -2.11. The molecule has 0 aromatic heterocycles. The van der Waals surface area contributed by atoms with Crippen LogP contribution in [-0.2, 0) is 4.79 Å². The summed E-state index contributed by atoms with van der Waals surface area (Å²) in [7, 11) is 0. The predicted octanol–water partition coefficient (Wildman–Crippen LogP) is 4.39. The van der Waals surface area contributed by atoms with Gasteiger partial charge in [0.1, 0.15) is 11.5 Å². The minimum atomic E-state index is -0.529. The van der Waals surface area contributed by atoms with Gasteiger partial charge in [0.15, 0.2) is 18.1 Å². The summed E-state index contributed by atoms with van der Waals surface area (Å²) in [5.74, 6) is 1.20. The van der Waals surface area contributed by atoms with Crippen molar-refractivity contribution in [3.05, 3.63) is 80.4 Å². The van der Waals surface area contributed by atoms with Gasteiger partial charge in [-0.05, 0) is 95.6 Å². The number of carbonyl (C=O) groups is 2. The largest absolute Gasteiger partial charge is 0.483 e. The van der Waals surface area contributed by atoms with Crippen LogP contribution < -0.4 is 24.4 Å². The monoisotopic (exact) mass is 572 g/mol. The van der Waals surface area contributed by atoms with E-state index >= 15 is 0 Å². The second-order valence-corrected chi connectivity index (χ2v) is 8.73. The Balaban J connectivity index is 1.31. The van der Waals surface area contributed by atoms with E-state index in [-0.39, 0.29) is 19.3 Å². The van der Waals surface area contributed by atoms with Crippen LogP contribution in [0.2, 0.25) is 0 Å². The number of aryl methyl sites for hydroxylation is 2. The Morgan fingerprint density at radius 3 is 2.62 bits per heavy atom. The lowest BCUT2D eigenvalue weighted by Crippen LogP contribution is -2.25.